The van der Waals surface area contributed by atoms with Crippen LogP contribution in [0.4, 0.5) is 5.82 Å². The molecule has 0 aliphatic rings. The van der Waals surface area contributed by atoms with Crippen LogP contribution in [0, 0.1) is 0 Å². The third-order valence-electron chi connectivity index (χ3n) is 2.69. The molecular formula is C14H15BrClN3O. The summed E-state index contributed by atoms with van der Waals surface area (Å²) in [6.07, 6.45) is 2.75. The molecule has 0 aliphatic carbocycles. The largest absolute Gasteiger partial charge is 0.496 e. The van der Waals surface area contributed by atoms with Gasteiger partial charge in [0.1, 0.15) is 11.6 Å². The van der Waals surface area contributed by atoms with Gasteiger partial charge in [-0.1, -0.05) is 18.5 Å². The van der Waals surface area contributed by atoms with E-state index < -0.39 is 0 Å². The third-order valence-corrected chi connectivity index (χ3v) is 3.51. The molecule has 4 nitrogen and oxygen atoms in total. The molecule has 0 saturated carbocycles. The van der Waals surface area contributed by atoms with E-state index in [2.05, 4.69) is 38.1 Å². The second kappa shape index (κ2) is 6.90. The van der Waals surface area contributed by atoms with E-state index >= 15 is 0 Å². The maximum atomic E-state index is 5.97. The molecule has 0 spiro atoms. The Balaban J connectivity index is 2.42. The Kier molecular flexibility index (Phi) is 5.20. The van der Waals surface area contributed by atoms with Crippen molar-refractivity contribution in [2.75, 3.05) is 19.0 Å². The Morgan fingerprint density at radius 1 is 1.40 bits per heavy atom. The molecular weight excluding hydrogens is 342 g/mol. The average Bonchev–Trinajstić information content (AvgIpc) is 2.46. The number of hydrogen-bond donors (Lipinski definition) is 1. The number of nitrogens with one attached hydrogen (secondary N) is 1. The van der Waals surface area contributed by atoms with Crippen LogP contribution in [0.25, 0.3) is 11.4 Å². The summed E-state index contributed by atoms with van der Waals surface area (Å²) in [5.74, 6) is 2.02. The molecule has 2 rings (SSSR count). The van der Waals surface area contributed by atoms with Crippen molar-refractivity contribution in [3.05, 3.63) is 33.9 Å². The molecule has 6 heteroatoms. The molecule has 0 amide bonds. The van der Waals surface area contributed by atoms with Crippen LogP contribution in [0.1, 0.15) is 13.3 Å². The van der Waals surface area contributed by atoms with Crippen LogP contribution in [0.2, 0.25) is 5.02 Å². The molecule has 0 saturated heterocycles. The van der Waals surface area contributed by atoms with Crippen molar-refractivity contribution in [1.82, 2.24) is 9.97 Å². The van der Waals surface area contributed by atoms with Crippen molar-refractivity contribution in [2.24, 2.45) is 0 Å². The predicted molar refractivity (Wildman–Crippen MR) is 85.5 cm³/mol. The maximum absolute atomic E-state index is 5.97. The van der Waals surface area contributed by atoms with Gasteiger partial charge in [0.2, 0.25) is 0 Å². The van der Waals surface area contributed by atoms with Crippen molar-refractivity contribution in [1.29, 1.82) is 0 Å². The molecule has 0 bridgehead atoms. The highest BCUT2D eigenvalue weighted by atomic mass is 79.9. The van der Waals surface area contributed by atoms with E-state index in [1.807, 2.05) is 6.07 Å². The number of halogens is 2. The average molecular weight is 357 g/mol. The number of ether oxygens (including phenoxy) is 1. The van der Waals surface area contributed by atoms with Gasteiger partial charge >= 0.3 is 0 Å². The molecule has 0 unspecified atom stereocenters. The summed E-state index contributed by atoms with van der Waals surface area (Å²) in [4.78, 5) is 8.86. The van der Waals surface area contributed by atoms with Crippen LogP contribution in [-0.4, -0.2) is 23.6 Å². The van der Waals surface area contributed by atoms with E-state index in [1.165, 1.54) is 0 Å². The summed E-state index contributed by atoms with van der Waals surface area (Å²) in [5.41, 5.74) is 0.809. The minimum atomic E-state index is 0.598. The Hall–Kier alpha value is -1.33. The van der Waals surface area contributed by atoms with Gasteiger partial charge in [-0.2, -0.15) is 0 Å². The molecule has 20 heavy (non-hydrogen) atoms. The van der Waals surface area contributed by atoms with Crippen molar-refractivity contribution in [2.45, 2.75) is 13.3 Å². The minimum absolute atomic E-state index is 0.598. The van der Waals surface area contributed by atoms with Crippen LogP contribution >= 0.6 is 27.5 Å². The summed E-state index contributed by atoms with van der Waals surface area (Å²) in [7, 11) is 1.60. The van der Waals surface area contributed by atoms with E-state index in [-0.39, 0.29) is 0 Å². The quantitative estimate of drug-likeness (QED) is 0.863. The highest BCUT2D eigenvalue weighted by Crippen LogP contribution is 2.32. The summed E-state index contributed by atoms with van der Waals surface area (Å²) in [6.45, 7) is 2.96. The zero-order chi connectivity index (χ0) is 14.5. The number of benzene rings is 1. The lowest BCUT2D eigenvalue weighted by Crippen LogP contribution is -2.04. The summed E-state index contributed by atoms with van der Waals surface area (Å²) in [6, 6.07) is 5.40. The lowest BCUT2D eigenvalue weighted by atomic mass is 10.2. The third kappa shape index (κ3) is 3.41. The van der Waals surface area contributed by atoms with E-state index in [4.69, 9.17) is 16.3 Å². The SMILES string of the molecule is CCCNc1nc(-c2ccc(Cl)cc2OC)ncc1Br. The van der Waals surface area contributed by atoms with Gasteiger partial charge in [-0.15, -0.1) is 0 Å². The first-order valence-corrected chi connectivity index (χ1v) is 7.43. The van der Waals surface area contributed by atoms with Gasteiger partial charge in [0.15, 0.2) is 5.82 Å². The van der Waals surface area contributed by atoms with Crippen LogP contribution in [0.15, 0.2) is 28.9 Å². The number of anilines is 1. The highest BCUT2D eigenvalue weighted by molar-refractivity contribution is 9.10. The minimum Gasteiger partial charge on any atom is -0.496 e. The zero-order valence-corrected chi connectivity index (χ0v) is 13.6. The van der Waals surface area contributed by atoms with Gasteiger partial charge in [0.05, 0.1) is 17.1 Å². The number of nitrogens with zero attached hydrogens (tertiary/aromatic N) is 2. The van der Waals surface area contributed by atoms with Crippen molar-refractivity contribution in [3.63, 3.8) is 0 Å². The van der Waals surface area contributed by atoms with Gasteiger partial charge in [0, 0.05) is 17.8 Å². The van der Waals surface area contributed by atoms with Gasteiger partial charge in [0.25, 0.3) is 0 Å². The van der Waals surface area contributed by atoms with Crippen molar-refractivity contribution < 1.29 is 4.74 Å². The Bertz CT molecular complexity index is 607. The van der Waals surface area contributed by atoms with E-state index in [0.29, 0.717) is 16.6 Å². The summed E-state index contributed by atoms with van der Waals surface area (Å²) < 4.78 is 6.17. The number of aromatic nitrogens is 2. The Labute approximate surface area is 131 Å². The lowest BCUT2D eigenvalue weighted by Gasteiger charge is -2.11. The molecule has 1 N–H and O–H groups in total. The number of rotatable bonds is 5. The van der Waals surface area contributed by atoms with Crippen LogP contribution in [0.3, 0.4) is 0 Å². The van der Waals surface area contributed by atoms with Gasteiger partial charge < -0.3 is 10.1 Å². The monoisotopic (exact) mass is 355 g/mol. The molecule has 1 aromatic carbocycles. The molecule has 0 aliphatic heterocycles. The van der Waals surface area contributed by atoms with Crippen molar-refractivity contribution in [3.8, 4) is 17.1 Å². The first-order chi connectivity index (χ1) is 9.65. The fourth-order valence-corrected chi connectivity index (χ4v) is 2.21. The highest BCUT2D eigenvalue weighted by Gasteiger charge is 2.11. The molecule has 0 radical (unpaired) electrons. The lowest BCUT2D eigenvalue weighted by molar-refractivity contribution is 0.416. The molecule has 106 valence electrons. The second-order valence-corrected chi connectivity index (χ2v) is 5.45. The molecule has 0 atom stereocenters. The van der Waals surface area contributed by atoms with Gasteiger partial charge in [-0.3, -0.25) is 0 Å². The first-order valence-electron chi connectivity index (χ1n) is 6.26. The Morgan fingerprint density at radius 2 is 2.20 bits per heavy atom. The predicted octanol–water partition coefficient (Wildman–Crippen LogP) is 4.39. The molecule has 1 heterocycles. The van der Waals surface area contributed by atoms with Gasteiger partial charge in [-0.25, -0.2) is 9.97 Å². The fourth-order valence-electron chi connectivity index (χ4n) is 1.71. The number of hydrogen-bond acceptors (Lipinski definition) is 4. The standard InChI is InChI=1S/C14H15BrClN3O/c1-3-6-17-14-11(15)8-18-13(19-14)10-5-4-9(16)7-12(10)20-2/h4-5,7-8H,3,6H2,1-2H3,(H,17,18,19). The van der Waals surface area contributed by atoms with Crippen LogP contribution < -0.4 is 10.1 Å². The van der Waals surface area contributed by atoms with E-state index in [1.54, 1.807) is 25.4 Å². The normalized spacial score (nSPS) is 10.4. The fraction of sp³-hybridized carbons (Fsp3) is 0.286. The van der Waals surface area contributed by atoms with Crippen LogP contribution in [-0.2, 0) is 0 Å². The number of methoxy groups -OCH3 is 1. The smallest absolute Gasteiger partial charge is 0.165 e. The van der Waals surface area contributed by atoms with Crippen molar-refractivity contribution >= 4 is 33.3 Å². The van der Waals surface area contributed by atoms with E-state index in [0.717, 1.165) is 28.8 Å². The van der Waals surface area contributed by atoms with E-state index in [9.17, 15) is 0 Å². The topological polar surface area (TPSA) is 47.0 Å². The van der Waals surface area contributed by atoms with Crippen LogP contribution in [0.5, 0.6) is 5.75 Å². The molecule has 0 fully saturated rings. The maximum Gasteiger partial charge on any atom is 0.165 e. The zero-order valence-electron chi connectivity index (χ0n) is 11.3. The molecule has 2 aromatic rings. The molecule has 1 aromatic heterocycles. The summed E-state index contributed by atoms with van der Waals surface area (Å²) in [5, 5.41) is 3.87. The Morgan fingerprint density at radius 3 is 2.90 bits per heavy atom. The van der Waals surface area contributed by atoms with Gasteiger partial charge in [-0.05, 0) is 40.5 Å². The first kappa shape index (κ1) is 15.1. The second-order valence-electron chi connectivity index (χ2n) is 4.16. The summed E-state index contributed by atoms with van der Waals surface area (Å²) >= 11 is 9.41.